The van der Waals surface area contributed by atoms with Crippen LogP contribution in [-0.2, 0) is 9.59 Å². The van der Waals surface area contributed by atoms with E-state index in [2.05, 4.69) is 108 Å². The second kappa shape index (κ2) is 19.2. The maximum absolute atomic E-state index is 14.2. The molecule has 302 valence electrons. The molecule has 7 rings (SSSR count). The molecule has 4 heterocycles. The normalized spacial score (nSPS) is 18.3. The fourth-order valence-electron chi connectivity index (χ4n) is 8.71. The summed E-state index contributed by atoms with van der Waals surface area (Å²) in [6.45, 7) is 13.1. The molecule has 10 nitrogen and oxygen atoms in total. The van der Waals surface area contributed by atoms with Crippen LogP contribution in [0.4, 0.5) is 0 Å². The molecule has 2 amide bonds. The van der Waals surface area contributed by atoms with Crippen molar-refractivity contribution in [2.75, 3.05) is 39.3 Å². The summed E-state index contributed by atoms with van der Waals surface area (Å²) in [5, 5.41) is 0. The number of imidazole rings is 2. The number of aromatic nitrogens is 4. The molecule has 0 radical (unpaired) electrons. The molecular weight excluding hydrogens is 721 g/mol. The number of aromatic amines is 2. The Kier molecular flexibility index (Phi) is 13.5. The monoisotopic (exact) mass is 778 g/mol. The van der Waals surface area contributed by atoms with Gasteiger partial charge in [-0.15, -0.1) is 0 Å². The molecular formula is C48H58N8O2. The van der Waals surface area contributed by atoms with Gasteiger partial charge in [-0.05, 0) is 86.3 Å². The maximum Gasteiger partial charge on any atom is 0.245 e. The topological polar surface area (TPSA) is 104 Å². The molecule has 2 fully saturated rings. The van der Waals surface area contributed by atoms with Crippen molar-refractivity contribution < 1.29 is 9.59 Å². The first-order valence-corrected chi connectivity index (χ1v) is 21.2. The van der Waals surface area contributed by atoms with Gasteiger partial charge in [-0.1, -0.05) is 125 Å². The van der Waals surface area contributed by atoms with Crippen molar-refractivity contribution in [3.63, 3.8) is 0 Å². The third kappa shape index (κ3) is 9.09. The lowest BCUT2D eigenvalue weighted by Crippen LogP contribution is -2.43. The average molecular weight is 779 g/mol. The van der Waals surface area contributed by atoms with Crippen LogP contribution in [0.3, 0.4) is 0 Å². The molecule has 3 aromatic carbocycles. The van der Waals surface area contributed by atoms with Crippen LogP contribution in [0.5, 0.6) is 0 Å². The lowest BCUT2D eigenvalue weighted by Gasteiger charge is -2.34. The van der Waals surface area contributed by atoms with Gasteiger partial charge in [0.15, 0.2) is 0 Å². The Morgan fingerprint density at radius 3 is 1.66 bits per heavy atom. The van der Waals surface area contributed by atoms with Gasteiger partial charge in [0, 0.05) is 19.3 Å². The quantitative estimate of drug-likeness (QED) is 0.104. The summed E-state index contributed by atoms with van der Waals surface area (Å²) in [5.74, 6) is 1.96. The number of benzene rings is 3. The molecule has 2 aromatic heterocycles. The molecule has 10 heteroatoms. The molecule has 0 aliphatic carbocycles. The van der Waals surface area contributed by atoms with E-state index in [0.29, 0.717) is 0 Å². The van der Waals surface area contributed by atoms with Crippen LogP contribution in [0, 0.1) is 0 Å². The molecule has 2 aliphatic rings. The third-order valence-corrected chi connectivity index (χ3v) is 11.8. The van der Waals surface area contributed by atoms with Crippen molar-refractivity contribution in [2.45, 2.75) is 77.5 Å². The smallest absolute Gasteiger partial charge is 0.245 e. The second-order valence-corrected chi connectivity index (χ2v) is 15.2. The van der Waals surface area contributed by atoms with Gasteiger partial charge in [0.1, 0.15) is 23.7 Å². The predicted molar refractivity (Wildman–Crippen MR) is 233 cm³/mol. The van der Waals surface area contributed by atoms with Crippen LogP contribution in [0.25, 0.3) is 24.3 Å². The van der Waals surface area contributed by atoms with E-state index in [1.54, 1.807) is 0 Å². The molecule has 2 aliphatic heterocycles. The summed E-state index contributed by atoms with van der Waals surface area (Å²) >= 11 is 0. The number of hydrogen-bond donors (Lipinski definition) is 2. The highest BCUT2D eigenvalue weighted by Crippen LogP contribution is 2.36. The lowest BCUT2D eigenvalue weighted by molar-refractivity contribution is -0.139. The highest BCUT2D eigenvalue weighted by atomic mass is 16.2. The van der Waals surface area contributed by atoms with Crippen molar-refractivity contribution >= 4 is 36.1 Å². The number of nitrogens with zero attached hydrogens (tertiary/aromatic N) is 6. The van der Waals surface area contributed by atoms with Gasteiger partial charge in [-0.2, -0.15) is 0 Å². The van der Waals surface area contributed by atoms with Crippen molar-refractivity contribution in [1.29, 1.82) is 0 Å². The number of likely N-dealkylation sites (N-methyl/N-ethyl adjacent to an activating group) is 2. The van der Waals surface area contributed by atoms with E-state index >= 15 is 0 Å². The molecule has 5 aromatic rings. The Balaban J connectivity index is 0.972. The molecule has 2 saturated heterocycles. The van der Waals surface area contributed by atoms with E-state index in [1.807, 2.05) is 70.7 Å². The zero-order chi connectivity index (χ0) is 40.4. The van der Waals surface area contributed by atoms with E-state index in [0.717, 1.165) is 110 Å². The van der Waals surface area contributed by atoms with Gasteiger partial charge in [-0.25, -0.2) is 9.97 Å². The minimum absolute atomic E-state index is 0.0717. The number of rotatable bonds is 16. The first-order valence-electron chi connectivity index (χ1n) is 21.2. The fourth-order valence-corrected chi connectivity index (χ4v) is 8.71. The lowest BCUT2D eigenvalue weighted by atomic mass is 10.0. The molecule has 2 N–H and O–H groups in total. The van der Waals surface area contributed by atoms with Gasteiger partial charge in [0.05, 0.1) is 29.7 Å². The molecule has 0 unspecified atom stereocenters. The van der Waals surface area contributed by atoms with Gasteiger partial charge in [0.25, 0.3) is 0 Å². The summed E-state index contributed by atoms with van der Waals surface area (Å²) < 4.78 is 0. The minimum atomic E-state index is -0.308. The Bertz CT molecular complexity index is 1980. The summed E-state index contributed by atoms with van der Waals surface area (Å²) in [4.78, 5) is 53.4. The van der Waals surface area contributed by atoms with Crippen molar-refractivity contribution in [3.05, 3.63) is 143 Å². The van der Waals surface area contributed by atoms with Crippen molar-refractivity contribution in [3.8, 4) is 0 Å². The average Bonchev–Trinajstić information content (AvgIpc) is 4.11. The predicted octanol–water partition coefficient (Wildman–Crippen LogP) is 8.97. The molecule has 0 spiro atoms. The summed E-state index contributed by atoms with van der Waals surface area (Å²) in [6, 6.07) is 27.9. The van der Waals surface area contributed by atoms with E-state index in [9.17, 15) is 9.59 Å². The van der Waals surface area contributed by atoms with Gasteiger partial charge >= 0.3 is 0 Å². The van der Waals surface area contributed by atoms with Crippen molar-refractivity contribution in [2.24, 2.45) is 0 Å². The number of H-pyrrole nitrogens is 2. The maximum atomic E-state index is 14.2. The minimum Gasteiger partial charge on any atom is -0.346 e. The molecule has 58 heavy (non-hydrogen) atoms. The SMILES string of the molecule is CCN(CC)[C@@H](C(=O)N1CCC[C@H]1c1nc(/C=C/c2ccc(/C=C/c3cnc([C@@H]4CCCN4C(=O)[C@@H](c4ccccc4)N(CC)CC)[nH]3)cc2)c[nH]1)c1ccccc1. The number of likely N-dealkylation sites (tertiary alicyclic amines) is 2. The van der Waals surface area contributed by atoms with E-state index in [-0.39, 0.29) is 36.0 Å². The van der Waals surface area contributed by atoms with Gasteiger partial charge in [0.2, 0.25) is 11.8 Å². The fraction of sp³-hybridized carbons (Fsp3) is 0.375. The molecule has 0 bridgehead atoms. The Morgan fingerprint density at radius 1 is 0.672 bits per heavy atom. The van der Waals surface area contributed by atoms with Gasteiger partial charge in [-0.3, -0.25) is 19.4 Å². The zero-order valence-electron chi connectivity index (χ0n) is 34.4. The number of carbonyl (C=O) groups excluding carboxylic acids is 2. The standard InChI is InChI=1S/C48H58N8O2/c1-5-53(6-2)43(37-17-11-9-12-18-37)47(57)55-31-15-21-41(55)45-49-33-39(51-45)29-27-35-23-25-36(26-24-35)28-30-40-34-50-46(52-40)42-22-16-32-56(42)48(58)44(54(7-3)8-4)38-19-13-10-14-20-38/h9-14,17-20,23-30,33-34,41-44H,5-8,15-16,21-22,31-32H2,1-4H3,(H,49,51)(H,50,52)/b29-27+,30-28+/t41-,42-,43+,44+/m0/s1. The number of nitrogens with one attached hydrogen (secondary N) is 2. The van der Waals surface area contributed by atoms with E-state index < -0.39 is 0 Å². The van der Waals surface area contributed by atoms with Gasteiger partial charge < -0.3 is 19.8 Å². The van der Waals surface area contributed by atoms with Crippen LogP contribution in [0.1, 0.15) is 123 Å². The Labute approximate surface area is 343 Å². The van der Waals surface area contributed by atoms with E-state index in [1.165, 1.54) is 0 Å². The van der Waals surface area contributed by atoms with Crippen LogP contribution in [0.2, 0.25) is 0 Å². The summed E-state index contributed by atoms with van der Waals surface area (Å²) in [7, 11) is 0. The highest BCUT2D eigenvalue weighted by molar-refractivity contribution is 5.85. The first kappa shape index (κ1) is 40.6. The number of carbonyl (C=O) groups is 2. The Morgan fingerprint density at radius 2 is 1.16 bits per heavy atom. The third-order valence-electron chi connectivity index (χ3n) is 11.8. The molecule has 4 atom stereocenters. The Hall–Kier alpha value is -5.58. The second-order valence-electron chi connectivity index (χ2n) is 15.2. The van der Waals surface area contributed by atoms with E-state index in [4.69, 9.17) is 9.97 Å². The van der Waals surface area contributed by atoms with Crippen LogP contribution in [-0.4, -0.2) is 90.6 Å². The summed E-state index contributed by atoms with van der Waals surface area (Å²) in [5.41, 5.74) is 5.95. The van der Waals surface area contributed by atoms with Crippen LogP contribution >= 0.6 is 0 Å². The number of amides is 2. The summed E-state index contributed by atoms with van der Waals surface area (Å²) in [6.07, 6.45) is 15.7. The highest BCUT2D eigenvalue weighted by Gasteiger charge is 2.39. The zero-order valence-corrected chi connectivity index (χ0v) is 34.4. The van der Waals surface area contributed by atoms with Crippen LogP contribution in [0.15, 0.2) is 97.3 Å². The van der Waals surface area contributed by atoms with Crippen molar-refractivity contribution in [1.82, 2.24) is 39.5 Å². The first-order chi connectivity index (χ1) is 28.4. The number of hydrogen-bond acceptors (Lipinski definition) is 6. The molecule has 0 saturated carbocycles. The van der Waals surface area contributed by atoms with Crippen LogP contribution < -0.4 is 0 Å². The largest absolute Gasteiger partial charge is 0.346 e.